The van der Waals surface area contributed by atoms with Gasteiger partial charge in [-0.3, -0.25) is 9.78 Å². The van der Waals surface area contributed by atoms with Crippen molar-refractivity contribution < 1.29 is 4.79 Å². The van der Waals surface area contributed by atoms with Crippen molar-refractivity contribution in [1.29, 1.82) is 0 Å². The molecule has 0 bridgehead atoms. The first-order valence-electron chi connectivity index (χ1n) is 7.12. The van der Waals surface area contributed by atoms with Crippen molar-refractivity contribution in [1.82, 2.24) is 9.88 Å². The number of carbonyl (C=O) groups excluding carboxylic acids is 1. The maximum Gasteiger partial charge on any atom is 0.256 e. The molecule has 1 aromatic heterocycles. The minimum absolute atomic E-state index is 0.123. The van der Waals surface area contributed by atoms with Gasteiger partial charge in [0, 0.05) is 25.3 Å². The summed E-state index contributed by atoms with van der Waals surface area (Å²) in [6, 6.07) is 2.14. The number of likely N-dealkylation sites (tertiary alicyclic amines) is 1. The highest BCUT2D eigenvalue weighted by molar-refractivity contribution is 5.99. The number of amides is 1. The highest BCUT2D eigenvalue weighted by Gasteiger charge is 2.31. The smallest absolute Gasteiger partial charge is 0.256 e. The molecule has 1 fully saturated rings. The van der Waals surface area contributed by atoms with Crippen molar-refractivity contribution in [3.05, 3.63) is 24.0 Å². The Morgan fingerprint density at radius 3 is 2.95 bits per heavy atom. The molecule has 19 heavy (non-hydrogen) atoms. The molecule has 1 aliphatic rings. The topological polar surface area (TPSA) is 45.2 Å². The van der Waals surface area contributed by atoms with Crippen LogP contribution in [0.25, 0.3) is 0 Å². The Balaban J connectivity index is 2.19. The lowest BCUT2D eigenvalue weighted by Crippen LogP contribution is -2.34. The Morgan fingerprint density at radius 2 is 2.32 bits per heavy atom. The minimum Gasteiger partial charge on any atom is -0.383 e. The van der Waals surface area contributed by atoms with Crippen molar-refractivity contribution in [2.75, 3.05) is 18.4 Å². The van der Waals surface area contributed by atoms with E-state index in [4.69, 9.17) is 0 Å². The molecular formula is C15H23N3O. The van der Waals surface area contributed by atoms with E-state index in [9.17, 15) is 4.79 Å². The predicted molar refractivity (Wildman–Crippen MR) is 77.3 cm³/mol. The summed E-state index contributed by atoms with van der Waals surface area (Å²) < 4.78 is 0. The second-order valence-electron chi connectivity index (χ2n) is 5.50. The lowest BCUT2D eigenvalue weighted by Gasteiger charge is -2.23. The van der Waals surface area contributed by atoms with Gasteiger partial charge in [0.2, 0.25) is 0 Å². The first kappa shape index (κ1) is 13.8. The number of hydrogen-bond acceptors (Lipinski definition) is 3. The number of pyridine rings is 1. The van der Waals surface area contributed by atoms with Gasteiger partial charge < -0.3 is 10.2 Å². The molecule has 1 aliphatic heterocycles. The molecule has 1 N–H and O–H groups in total. The molecule has 2 rings (SSSR count). The van der Waals surface area contributed by atoms with Crippen LogP contribution in [-0.2, 0) is 0 Å². The van der Waals surface area contributed by atoms with Crippen LogP contribution in [0.3, 0.4) is 0 Å². The molecule has 1 saturated heterocycles. The minimum atomic E-state index is 0.123. The van der Waals surface area contributed by atoms with E-state index in [1.165, 1.54) is 0 Å². The van der Waals surface area contributed by atoms with Crippen LogP contribution < -0.4 is 5.32 Å². The van der Waals surface area contributed by atoms with Gasteiger partial charge in [0.1, 0.15) is 0 Å². The van der Waals surface area contributed by atoms with E-state index < -0.39 is 0 Å². The summed E-state index contributed by atoms with van der Waals surface area (Å²) in [4.78, 5) is 18.7. The van der Waals surface area contributed by atoms with Crippen molar-refractivity contribution in [3.63, 3.8) is 0 Å². The van der Waals surface area contributed by atoms with Crippen molar-refractivity contribution in [2.24, 2.45) is 5.92 Å². The summed E-state index contributed by atoms with van der Waals surface area (Å²) in [7, 11) is 0. The third-order valence-electron chi connectivity index (χ3n) is 3.66. The van der Waals surface area contributed by atoms with Gasteiger partial charge >= 0.3 is 0 Å². The van der Waals surface area contributed by atoms with Crippen molar-refractivity contribution >= 4 is 11.6 Å². The Hall–Kier alpha value is -1.58. The molecule has 1 aromatic rings. The second kappa shape index (κ2) is 6.04. The highest BCUT2D eigenvalue weighted by Crippen LogP contribution is 2.26. The number of carbonyl (C=O) groups is 1. The molecule has 2 atom stereocenters. The average Bonchev–Trinajstić information content (AvgIpc) is 2.75. The van der Waals surface area contributed by atoms with Gasteiger partial charge in [0.05, 0.1) is 17.4 Å². The van der Waals surface area contributed by atoms with Crippen LogP contribution in [0.1, 0.15) is 44.0 Å². The zero-order chi connectivity index (χ0) is 13.8. The summed E-state index contributed by atoms with van der Waals surface area (Å²) in [5, 5.41) is 3.28. The monoisotopic (exact) mass is 261 g/mol. The van der Waals surface area contributed by atoms with Crippen LogP contribution >= 0.6 is 0 Å². The van der Waals surface area contributed by atoms with Crippen LogP contribution in [0.5, 0.6) is 0 Å². The van der Waals surface area contributed by atoms with E-state index in [0.29, 0.717) is 12.0 Å². The summed E-state index contributed by atoms with van der Waals surface area (Å²) in [6.45, 7) is 8.15. The summed E-state index contributed by atoms with van der Waals surface area (Å²) in [5.41, 5.74) is 1.59. The Bertz CT molecular complexity index is 447. The molecule has 0 spiro atoms. The molecule has 4 nitrogen and oxygen atoms in total. The van der Waals surface area contributed by atoms with Gasteiger partial charge in [-0.1, -0.05) is 13.8 Å². The van der Waals surface area contributed by atoms with Gasteiger partial charge in [0.15, 0.2) is 0 Å². The standard InChI is InChI=1S/C15H23N3O/c1-4-6-17-14-9-16-7-5-13(14)15(19)18-10-11(2)8-12(18)3/h5,7,9,11-12,17H,4,6,8,10H2,1-3H3. The largest absolute Gasteiger partial charge is 0.383 e. The predicted octanol–water partition coefficient (Wildman–Crippen LogP) is 2.77. The van der Waals surface area contributed by atoms with Gasteiger partial charge in [-0.25, -0.2) is 0 Å². The van der Waals surface area contributed by atoms with E-state index in [0.717, 1.165) is 37.2 Å². The van der Waals surface area contributed by atoms with Crippen LogP contribution in [0.2, 0.25) is 0 Å². The number of hydrogen-bond donors (Lipinski definition) is 1. The number of rotatable bonds is 4. The zero-order valence-corrected chi connectivity index (χ0v) is 12.0. The molecule has 0 saturated carbocycles. The van der Waals surface area contributed by atoms with Gasteiger partial charge in [0.25, 0.3) is 5.91 Å². The van der Waals surface area contributed by atoms with E-state index >= 15 is 0 Å². The quantitative estimate of drug-likeness (QED) is 0.906. The molecule has 0 aliphatic carbocycles. The first-order chi connectivity index (χ1) is 9.13. The summed E-state index contributed by atoms with van der Waals surface area (Å²) >= 11 is 0. The number of nitrogens with zero attached hydrogens (tertiary/aromatic N) is 2. The molecule has 0 radical (unpaired) electrons. The Labute approximate surface area is 115 Å². The maximum atomic E-state index is 12.6. The van der Waals surface area contributed by atoms with Gasteiger partial charge in [-0.05, 0) is 31.7 Å². The zero-order valence-electron chi connectivity index (χ0n) is 12.0. The number of nitrogens with one attached hydrogen (secondary N) is 1. The Kier molecular flexibility index (Phi) is 4.40. The lowest BCUT2D eigenvalue weighted by atomic mass is 10.1. The number of anilines is 1. The molecule has 0 aromatic carbocycles. The van der Waals surface area contributed by atoms with Crippen LogP contribution in [-0.4, -0.2) is 34.9 Å². The van der Waals surface area contributed by atoms with E-state index in [2.05, 4.69) is 31.1 Å². The molecule has 1 amide bonds. The van der Waals surface area contributed by atoms with E-state index in [1.54, 1.807) is 12.4 Å². The molecular weight excluding hydrogens is 238 g/mol. The lowest BCUT2D eigenvalue weighted by molar-refractivity contribution is 0.0744. The van der Waals surface area contributed by atoms with E-state index in [-0.39, 0.29) is 5.91 Å². The average molecular weight is 261 g/mol. The van der Waals surface area contributed by atoms with Gasteiger partial charge in [-0.2, -0.15) is 0 Å². The fourth-order valence-corrected chi connectivity index (χ4v) is 2.72. The van der Waals surface area contributed by atoms with Gasteiger partial charge in [-0.15, -0.1) is 0 Å². The third kappa shape index (κ3) is 3.06. The fraction of sp³-hybridized carbons (Fsp3) is 0.600. The fourth-order valence-electron chi connectivity index (χ4n) is 2.72. The van der Waals surface area contributed by atoms with E-state index in [1.807, 2.05) is 11.0 Å². The van der Waals surface area contributed by atoms with Crippen LogP contribution in [0.15, 0.2) is 18.5 Å². The molecule has 4 heteroatoms. The highest BCUT2D eigenvalue weighted by atomic mass is 16.2. The summed E-state index contributed by atoms with van der Waals surface area (Å²) in [6.07, 6.45) is 5.55. The molecule has 104 valence electrons. The third-order valence-corrected chi connectivity index (χ3v) is 3.66. The van der Waals surface area contributed by atoms with Crippen LogP contribution in [0, 0.1) is 5.92 Å². The maximum absolute atomic E-state index is 12.6. The normalized spacial score (nSPS) is 22.6. The van der Waals surface area contributed by atoms with Crippen molar-refractivity contribution in [3.8, 4) is 0 Å². The summed E-state index contributed by atoms with van der Waals surface area (Å²) in [5.74, 6) is 0.714. The first-order valence-corrected chi connectivity index (χ1v) is 7.12. The second-order valence-corrected chi connectivity index (χ2v) is 5.50. The molecule has 2 unspecified atom stereocenters. The van der Waals surface area contributed by atoms with Crippen LogP contribution in [0.4, 0.5) is 5.69 Å². The SMILES string of the molecule is CCCNc1cnccc1C(=O)N1CC(C)CC1C. The Morgan fingerprint density at radius 1 is 1.53 bits per heavy atom. The molecule has 2 heterocycles. The van der Waals surface area contributed by atoms with Crippen molar-refractivity contribution in [2.45, 2.75) is 39.7 Å². The number of aromatic nitrogens is 1.